The molecule has 15 heteroatoms. The fourth-order valence-corrected chi connectivity index (χ4v) is 7.84. The number of nitrogens with zero attached hydrogens (tertiary/aromatic N) is 5. The van der Waals surface area contributed by atoms with Crippen LogP contribution in [0.5, 0.6) is 0 Å². The van der Waals surface area contributed by atoms with Gasteiger partial charge < -0.3 is 39.9 Å². The van der Waals surface area contributed by atoms with Gasteiger partial charge in [0.1, 0.15) is 23.7 Å². The molecular weight excluding hydrogens is 715 g/mol. The van der Waals surface area contributed by atoms with E-state index < -0.39 is 24.3 Å². The Hall–Kier alpha value is -5.99. The highest BCUT2D eigenvalue weighted by molar-refractivity contribution is 5.91. The fourth-order valence-electron chi connectivity index (χ4n) is 7.84. The number of H-pyrrole nitrogens is 2. The van der Waals surface area contributed by atoms with E-state index in [1.165, 1.54) is 14.2 Å². The quantitative estimate of drug-likeness (QED) is 0.127. The smallest absolute Gasteiger partial charge is 0.407 e. The zero-order valence-corrected chi connectivity index (χ0v) is 32.6. The van der Waals surface area contributed by atoms with E-state index in [4.69, 9.17) is 24.4 Å². The molecule has 56 heavy (non-hydrogen) atoms. The number of methoxy groups -OCH3 is 2. The Kier molecular flexibility index (Phi) is 10.9. The van der Waals surface area contributed by atoms with Gasteiger partial charge in [-0.15, -0.1) is 0 Å². The van der Waals surface area contributed by atoms with Crippen LogP contribution in [0.25, 0.3) is 44.5 Å². The Balaban J connectivity index is 1.07. The molecule has 294 valence electrons. The van der Waals surface area contributed by atoms with Gasteiger partial charge in [0.15, 0.2) is 5.65 Å². The van der Waals surface area contributed by atoms with E-state index in [0.717, 1.165) is 64.5 Å². The van der Waals surface area contributed by atoms with Crippen LogP contribution in [0.4, 0.5) is 9.59 Å². The van der Waals surface area contributed by atoms with Crippen LogP contribution >= 0.6 is 0 Å². The Labute approximate surface area is 324 Å². The number of likely N-dealkylation sites (tertiary alicyclic amines) is 2. The van der Waals surface area contributed by atoms with Crippen molar-refractivity contribution in [2.24, 2.45) is 11.8 Å². The van der Waals surface area contributed by atoms with E-state index in [-0.39, 0.29) is 35.7 Å². The fraction of sp³-hybridized carbons (Fsp3) is 0.439. The zero-order chi connectivity index (χ0) is 39.7. The van der Waals surface area contributed by atoms with E-state index in [1.807, 2.05) is 52.0 Å². The van der Waals surface area contributed by atoms with Crippen molar-refractivity contribution in [2.45, 2.75) is 77.5 Å². The summed E-state index contributed by atoms with van der Waals surface area (Å²) in [5.41, 5.74) is 4.89. The van der Waals surface area contributed by atoms with Crippen molar-refractivity contribution in [3.63, 3.8) is 0 Å². The largest absolute Gasteiger partial charge is 0.453 e. The van der Waals surface area contributed by atoms with Crippen LogP contribution < -0.4 is 10.6 Å². The minimum atomic E-state index is -0.708. The summed E-state index contributed by atoms with van der Waals surface area (Å²) in [4.78, 5) is 76.1. The molecule has 4 amide bonds. The molecule has 7 rings (SSSR count). The second-order valence-corrected chi connectivity index (χ2v) is 15.2. The Morgan fingerprint density at radius 2 is 1.27 bits per heavy atom. The second-order valence-electron chi connectivity index (χ2n) is 15.2. The van der Waals surface area contributed by atoms with E-state index >= 15 is 0 Å². The lowest BCUT2D eigenvalue weighted by molar-refractivity contribution is -0.136. The first-order valence-electron chi connectivity index (χ1n) is 19.2. The summed E-state index contributed by atoms with van der Waals surface area (Å²) in [5, 5.41) is 7.48. The van der Waals surface area contributed by atoms with Crippen molar-refractivity contribution in [2.75, 3.05) is 27.3 Å². The number of alkyl carbamates (subject to hydrolysis) is 2. The van der Waals surface area contributed by atoms with Crippen LogP contribution in [0.3, 0.4) is 0 Å². The number of aromatic nitrogens is 5. The molecule has 2 saturated heterocycles. The predicted molar refractivity (Wildman–Crippen MR) is 210 cm³/mol. The number of benzene rings is 2. The Morgan fingerprint density at radius 3 is 1.84 bits per heavy atom. The van der Waals surface area contributed by atoms with Gasteiger partial charge in [0, 0.05) is 24.2 Å². The maximum Gasteiger partial charge on any atom is 0.407 e. The van der Waals surface area contributed by atoms with Crippen molar-refractivity contribution in [1.82, 2.24) is 45.4 Å². The van der Waals surface area contributed by atoms with E-state index in [2.05, 4.69) is 44.9 Å². The second kappa shape index (κ2) is 16.0. The van der Waals surface area contributed by atoms with Gasteiger partial charge in [-0.1, -0.05) is 52.0 Å². The molecule has 2 aliphatic heterocycles. The molecule has 0 unspecified atom stereocenters. The van der Waals surface area contributed by atoms with Gasteiger partial charge in [-0.3, -0.25) is 9.59 Å². The lowest BCUT2D eigenvalue weighted by atomic mass is 10.0. The number of rotatable bonds is 10. The number of hydrogen-bond acceptors (Lipinski definition) is 9. The van der Waals surface area contributed by atoms with E-state index in [9.17, 15) is 19.2 Å². The van der Waals surface area contributed by atoms with Crippen LogP contribution in [0, 0.1) is 11.8 Å². The number of carbonyl (C=O) groups excluding carboxylic acids is 4. The molecule has 0 saturated carbocycles. The number of pyridine rings is 1. The topological polar surface area (TPSA) is 188 Å². The number of aromatic amines is 2. The van der Waals surface area contributed by atoms with Crippen molar-refractivity contribution in [1.29, 1.82) is 0 Å². The number of hydrogen-bond donors (Lipinski definition) is 4. The maximum atomic E-state index is 13.6. The highest BCUT2D eigenvalue weighted by Gasteiger charge is 2.39. The first kappa shape index (κ1) is 38.3. The third kappa shape index (κ3) is 7.62. The number of amides is 4. The van der Waals surface area contributed by atoms with Gasteiger partial charge in [0.25, 0.3) is 0 Å². The van der Waals surface area contributed by atoms with Gasteiger partial charge in [-0.05, 0) is 72.6 Å². The van der Waals surface area contributed by atoms with Crippen molar-refractivity contribution < 1.29 is 28.7 Å². The third-order valence-corrected chi connectivity index (χ3v) is 10.9. The van der Waals surface area contributed by atoms with Gasteiger partial charge in [0.05, 0.1) is 49.4 Å². The molecule has 0 radical (unpaired) electrons. The van der Waals surface area contributed by atoms with Gasteiger partial charge in [-0.2, -0.15) is 0 Å². The number of nitrogens with one attached hydrogen (secondary N) is 4. The van der Waals surface area contributed by atoms with Crippen molar-refractivity contribution >= 4 is 45.9 Å². The predicted octanol–water partition coefficient (Wildman–Crippen LogP) is 6.26. The molecule has 2 aromatic carbocycles. The summed E-state index contributed by atoms with van der Waals surface area (Å²) in [6, 6.07) is 14.5. The molecule has 5 heterocycles. The van der Waals surface area contributed by atoms with Crippen LogP contribution in [-0.2, 0) is 19.1 Å². The summed E-state index contributed by atoms with van der Waals surface area (Å²) in [5.74, 6) is 0.850. The number of fused-ring (bicyclic) bond motifs is 2. The molecule has 4 atom stereocenters. The minimum absolute atomic E-state index is 0.112. The van der Waals surface area contributed by atoms with E-state index in [0.29, 0.717) is 30.4 Å². The molecule has 0 bridgehead atoms. The third-order valence-electron chi connectivity index (χ3n) is 10.9. The first-order chi connectivity index (χ1) is 26.9. The number of imidazole rings is 2. The van der Waals surface area contributed by atoms with Crippen LogP contribution in [0.2, 0.25) is 0 Å². The Morgan fingerprint density at radius 1 is 0.714 bits per heavy atom. The molecule has 2 fully saturated rings. The molecule has 5 aromatic rings. The van der Waals surface area contributed by atoms with Gasteiger partial charge in [-0.25, -0.2) is 24.5 Å². The molecule has 15 nitrogen and oxygen atoms in total. The van der Waals surface area contributed by atoms with Crippen LogP contribution in [0.1, 0.15) is 77.1 Å². The molecule has 3 aromatic heterocycles. The highest BCUT2D eigenvalue weighted by Crippen LogP contribution is 2.35. The van der Waals surface area contributed by atoms with Crippen molar-refractivity contribution in [3.8, 4) is 22.5 Å². The lowest BCUT2D eigenvalue weighted by Crippen LogP contribution is -2.51. The van der Waals surface area contributed by atoms with Crippen LogP contribution in [0.15, 0.2) is 54.7 Å². The minimum Gasteiger partial charge on any atom is -0.453 e. The summed E-state index contributed by atoms with van der Waals surface area (Å²) in [7, 11) is 2.57. The average molecular weight is 764 g/mol. The normalized spacial score (nSPS) is 18.1. The molecule has 2 aliphatic rings. The highest BCUT2D eigenvalue weighted by atomic mass is 16.5. The van der Waals surface area contributed by atoms with E-state index in [1.54, 1.807) is 16.0 Å². The summed E-state index contributed by atoms with van der Waals surface area (Å²) in [6.45, 7) is 8.74. The summed E-state index contributed by atoms with van der Waals surface area (Å²) in [6.07, 6.45) is 3.73. The number of ether oxygens (including phenoxy) is 2. The SMILES string of the molecule is COC(=O)N[C@H](C(=O)N1CCC[C@H]1c1ncc(-c2ccc3cc(-c4ccc5[nH]c([C@@H]6CCCN6C(=O)[C@@H](NC(=O)OC)C(C)C)nc5n4)ccc3c2)[nH]1)C(C)C. The first-order valence-corrected chi connectivity index (χ1v) is 19.2. The summed E-state index contributed by atoms with van der Waals surface area (Å²) >= 11 is 0. The Bertz CT molecular complexity index is 2260. The average Bonchev–Trinajstić information content (AvgIpc) is 4.03. The van der Waals surface area contributed by atoms with Gasteiger partial charge in [0.2, 0.25) is 11.8 Å². The van der Waals surface area contributed by atoms with Gasteiger partial charge >= 0.3 is 12.2 Å². The molecule has 0 aliphatic carbocycles. The lowest BCUT2D eigenvalue weighted by Gasteiger charge is -2.30. The molecule has 4 N–H and O–H groups in total. The number of carbonyl (C=O) groups is 4. The zero-order valence-electron chi connectivity index (χ0n) is 32.6. The monoisotopic (exact) mass is 763 g/mol. The summed E-state index contributed by atoms with van der Waals surface area (Å²) < 4.78 is 9.53. The standard InChI is InChI=1S/C41H49N9O6/c1-22(2)33(46-40(53)55-5)38(51)49-17-7-9-31(49)36-42-21-30(45-36)27-14-12-24-19-26(13-11-25(24)20-27)28-15-16-29-35(43-28)48-37(44-29)32-10-8-18-50(32)39(52)34(23(3)4)47-41(54)56-6/h11-16,19-23,31-34H,7-10,17-18H2,1-6H3,(H,42,45)(H,46,53)(H,47,54)(H,43,44,48)/t31-,32-,33-,34-/m0/s1. The molecular formula is C41H49N9O6. The molecule has 0 spiro atoms. The van der Waals surface area contributed by atoms with Crippen LogP contribution in [-0.4, -0.2) is 98.1 Å². The van der Waals surface area contributed by atoms with Crippen molar-refractivity contribution in [3.05, 3.63) is 66.4 Å². The maximum absolute atomic E-state index is 13.6.